The van der Waals surface area contributed by atoms with Gasteiger partial charge in [0.2, 0.25) is 5.95 Å². The molecule has 0 spiro atoms. The molecule has 8 heteroatoms. The number of aryl methyl sites for hydroxylation is 1. The summed E-state index contributed by atoms with van der Waals surface area (Å²) in [6, 6.07) is 5.40. The van der Waals surface area contributed by atoms with Gasteiger partial charge in [-0.3, -0.25) is 0 Å². The molecule has 0 amide bonds. The number of pyridine rings is 1. The van der Waals surface area contributed by atoms with Crippen LogP contribution in [-0.4, -0.2) is 27.0 Å². The highest BCUT2D eigenvalue weighted by molar-refractivity contribution is 7.19. The molecule has 6 nitrogen and oxygen atoms in total. The number of aromatic nitrogens is 4. The van der Waals surface area contributed by atoms with Crippen LogP contribution in [0.1, 0.15) is 5.69 Å². The fourth-order valence-electron chi connectivity index (χ4n) is 1.87. The van der Waals surface area contributed by atoms with Crippen LogP contribution in [0.15, 0.2) is 30.6 Å². The Morgan fingerprint density at radius 3 is 2.68 bits per heavy atom. The molecule has 3 heterocycles. The van der Waals surface area contributed by atoms with Gasteiger partial charge < -0.3 is 10.6 Å². The lowest BCUT2D eigenvalue weighted by Crippen LogP contribution is -1.98. The van der Waals surface area contributed by atoms with Gasteiger partial charge in [0.1, 0.15) is 5.15 Å². The van der Waals surface area contributed by atoms with Crippen LogP contribution in [0.25, 0.3) is 10.6 Å². The summed E-state index contributed by atoms with van der Waals surface area (Å²) in [7, 11) is 1.85. The molecule has 3 rings (SSSR count). The molecule has 2 N–H and O–H groups in total. The fourth-order valence-corrected chi connectivity index (χ4v) is 2.87. The van der Waals surface area contributed by atoms with Crippen molar-refractivity contribution >= 4 is 39.7 Å². The van der Waals surface area contributed by atoms with E-state index >= 15 is 0 Å². The van der Waals surface area contributed by atoms with E-state index in [9.17, 15) is 0 Å². The van der Waals surface area contributed by atoms with Crippen LogP contribution in [0.3, 0.4) is 0 Å². The van der Waals surface area contributed by atoms with Gasteiger partial charge in [0.25, 0.3) is 0 Å². The van der Waals surface area contributed by atoms with Crippen LogP contribution in [0.2, 0.25) is 5.15 Å². The van der Waals surface area contributed by atoms with Crippen molar-refractivity contribution in [3.8, 4) is 10.6 Å². The van der Waals surface area contributed by atoms with E-state index in [0.717, 1.165) is 27.1 Å². The highest BCUT2D eigenvalue weighted by Gasteiger charge is 2.11. The van der Waals surface area contributed by atoms with Crippen LogP contribution in [-0.2, 0) is 0 Å². The number of halogens is 1. The van der Waals surface area contributed by atoms with E-state index in [-0.39, 0.29) is 0 Å². The Morgan fingerprint density at radius 2 is 2.00 bits per heavy atom. The largest absolute Gasteiger partial charge is 0.365 e. The van der Waals surface area contributed by atoms with Crippen LogP contribution in [0.5, 0.6) is 0 Å². The monoisotopic (exact) mass is 332 g/mol. The minimum absolute atomic E-state index is 0.445. The number of hydrogen-bond acceptors (Lipinski definition) is 7. The van der Waals surface area contributed by atoms with Crippen molar-refractivity contribution in [2.75, 3.05) is 17.7 Å². The highest BCUT2D eigenvalue weighted by atomic mass is 35.5. The average Bonchev–Trinajstić information content (AvgIpc) is 2.91. The van der Waals surface area contributed by atoms with E-state index in [1.807, 2.05) is 26.1 Å². The number of thiazole rings is 1. The van der Waals surface area contributed by atoms with Crippen LogP contribution >= 0.6 is 22.9 Å². The van der Waals surface area contributed by atoms with Gasteiger partial charge in [0.05, 0.1) is 28.1 Å². The van der Waals surface area contributed by atoms with Gasteiger partial charge in [0, 0.05) is 13.2 Å². The third-order valence-corrected chi connectivity index (χ3v) is 4.30. The summed E-state index contributed by atoms with van der Waals surface area (Å²) in [6.07, 6.45) is 3.35. The molecular weight excluding hydrogens is 320 g/mol. The zero-order chi connectivity index (χ0) is 15.5. The Labute approximate surface area is 136 Å². The summed E-state index contributed by atoms with van der Waals surface area (Å²) in [4.78, 5) is 18.2. The van der Waals surface area contributed by atoms with Gasteiger partial charge in [-0.25, -0.2) is 19.9 Å². The summed E-state index contributed by atoms with van der Waals surface area (Å²) >= 11 is 7.33. The predicted octanol–water partition coefficient (Wildman–Crippen LogP) is 3.74. The second-order valence-corrected chi connectivity index (χ2v) is 5.83. The lowest BCUT2D eigenvalue weighted by Gasteiger charge is -2.05. The molecule has 0 radical (unpaired) electrons. The van der Waals surface area contributed by atoms with Crippen molar-refractivity contribution in [1.29, 1.82) is 0 Å². The zero-order valence-corrected chi connectivity index (χ0v) is 13.5. The first-order valence-corrected chi connectivity index (χ1v) is 7.72. The van der Waals surface area contributed by atoms with E-state index in [1.165, 1.54) is 0 Å². The number of nitrogens with one attached hydrogen (secondary N) is 2. The molecule has 0 aromatic carbocycles. The topological polar surface area (TPSA) is 75.6 Å². The van der Waals surface area contributed by atoms with Crippen molar-refractivity contribution in [2.45, 2.75) is 6.92 Å². The lowest BCUT2D eigenvalue weighted by atomic mass is 10.3. The maximum Gasteiger partial charge on any atom is 0.227 e. The number of rotatable bonds is 4. The van der Waals surface area contributed by atoms with Gasteiger partial charge in [-0.1, -0.05) is 22.9 Å². The van der Waals surface area contributed by atoms with Gasteiger partial charge in [-0.05, 0) is 25.1 Å². The zero-order valence-electron chi connectivity index (χ0n) is 12.0. The third-order valence-electron chi connectivity index (χ3n) is 2.88. The van der Waals surface area contributed by atoms with Crippen LogP contribution in [0, 0.1) is 6.92 Å². The summed E-state index contributed by atoms with van der Waals surface area (Å²) in [5.74, 6) is 0.500. The maximum absolute atomic E-state index is 5.77. The fraction of sp³-hybridized carbons (Fsp3) is 0.143. The Kier molecular flexibility index (Phi) is 4.17. The molecule has 0 aliphatic rings. The van der Waals surface area contributed by atoms with Gasteiger partial charge in [0.15, 0.2) is 5.13 Å². The minimum Gasteiger partial charge on any atom is -0.365 e. The molecular formula is C14H13ClN6S. The molecule has 3 aromatic heterocycles. The molecule has 22 heavy (non-hydrogen) atoms. The Morgan fingerprint density at radius 1 is 1.14 bits per heavy atom. The van der Waals surface area contributed by atoms with Gasteiger partial charge in [-0.2, -0.15) is 0 Å². The first kappa shape index (κ1) is 14.7. The lowest BCUT2D eigenvalue weighted by molar-refractivity contribution is 1.16. The molecule has 3 aromatic rings. The Balaban J connectivity index is 1.88. The van der Waals surface area contributed by atoms with Crippen LogP contribution in [0.4, 0.5) is 16.8 Å². The standard InChI is InChI=1S/C14H13ClN6S/c1-8-12(22-14(16-2)19-8)10-5-6-17-13(21-10)20-9-3-4-11(15)18-7-9/h3-7H,1-2H3,(H,16,19)(H,17,20,21). The predicted molar refractivity (Wildman–Crippen MR) is 90.0 cm³/mol. The smallest absolute Gasteiger partial charge is 0.227 e. The molecule has 0 saturated carbocycles. The summed E-state index contributed by atoms with van der Waals surface area (Å²) in [6.45, 7) is 1.96. The van der Waals surface area contributed by atoms with E-state index in [0.29, 0.717) is 11.1 Å². The van der Waals surface area contributed by atoms with Gasteiger partial charge >= 0.3 is 0 Å². The van der Waals surface area contributed by atoms with Crippen molar-refractivity contribution < 1.29 is 0 Å². The Hall–Kier alpha value is -2.25. The summed E-state index contributed by atoms with van der Waals surface area (Å²) in [5.41, 5.74) is 2.54. The molecule has 0 bridgehead atoms. The second-order valence-electron chi connectivity index (χ2n) is 4.44. The minimum atomic E-state index is 0.445. The molecule has 0 aliphatic carbocycles. The van der Waals surface area contributed by atoms with Crippen molar-refractivity contribution in [2.24, 2.45) is 0 Å². The average molecular weight is 333 g/mol. The second kappa shape index (κ2) is 6.25. The quantitative estimate of drug-likeness (QED) is 0.709. The van der Waals surface area contributed by atoms with E-state index in [2.05, 4.69) is 30.6 Å². The van der Waals surface area contributed by atoms with Gasteiger partial charge in [-0.15, -0.1) is 0 Å². The molecule has 112 valence electrons. The van der Waals surface area contributed by atoms with E-state index in [1.54, 1.807) is 29.8 Å². The number of nitrogens with zero attached hydrogens (tertiary/aromatic N) is 4. The third kappa shape index (κ3) is 3.15. The van der Waals surface area contributed by atoms with E-state index in [4.69, 9.17) is 11.6 Å². The van der Waals surface area contributed by atoms with E-state index < -0.39 is 0 Å². The number of hydrogen-bond donors (Lipinski definition) is 2. The first-order valence-electron chi connectivity index (χ1n) is 6.53. The first-order chi connectivity index (χ1) is 10.7. The molecule has 0 fully saturated rings. The molecule has 0 aliphatic heterocycles. The number of anilines is 3. The molecule has 0 unspecified atom stereocenters. The highest BCUT2D eigenvalue weighted by Crippen LogP contribution is 2.31. The Bertz CT molecular complexity index is 786. The van der Waals surface area contributed by atoms with Crippen molar-refractivity contribution in [3.63, 3.8) is 0 Å². The summed E-state index contributed by atoms with van der Waals surface area (Å²) < 4.78 is 0. The maximum atomic E-state index is 5.77. The normalized spacial score (nSPS) is 10.5. The molecule has 0 saturated heterocycles. The summed E-state index contributed by atoms with van der Waals surface area (Å²) in [5, 5.41) is 7.46. The molecule has 0 atom stereocenters. The van der Waals surface area contributed by atoms with Crippen molar-refractivity contribution in [1.82, 2.24) is 19.9 Å². The SMILES string of the molecule is CNc1nc(C)c(-c2ccnc(Nc3ccc(Cl)nc3)n2)s1. The van der Waals surface area contributed by atoms with Crippen molar-refractivity contribution in [3.05, 3.63) is 41.4 Å². The van der Waals surface area contributed by atoms with Crippen LogP contribution < -0.4 is 10.6 Å².